The second-order valence-electron chi connectivity index (χ2n) is 5.48. The molecule has 1 N–H and O–H groups in total. The van der Waals surface area contributed by atoms with Gasteiger partial charge in [-0.15, -0.1) is 0 Å². The van der Waals surface area contributed by atoms with Crippen LogP contribution in [0.15, 0.2) is 0 Å². The molecule has 130 valence electrons. The molecule has 0 radical (unpaired) electrons. The van der Waals surface area contributed by atoms with Crippen LogP contribution < -0.4 is 113 Å². The molecule has 10 heteroatoms. The van der Waals surface area contributed by atoms with E-state index in [1.165, 1.54) is 13.8 Å². The molecule has 0 aliphatic heterocycles. The number of carboxylic acids is 2. The molecule has 0 saturated carbocycles. The van der Waals surface area contributed by atoms with Crippen molar-refractivity contribution in [2.75, 3.05) is 0 Å². The standard InChI is InChI=1S/C14H26O7S.2K/c1-4-7-8-9-10-14(12(17)18,22(19,20)21)13(5-2,6-3)11(15)16;;/h4-10H2,1-3H3,(H,15,16)(H,17,18)(H,19,20,21);;/q;2*+1/p-2. The maximum Gasteiger partial charge on any atom is 1.00 e. The van der Waals surface area contributed by atoms with Crippen LogP contribution in [0.25, 0.3) is 0 Å². The van der Waals surface area contributed by atoms with Crippen LogP contribution in [0.5, 0.6) is 0 Å². The Morgan fingerprint density at radius 2 is 1.38 bits per heavy atom. The number of unbranched alkanes of at least 4 members (excludes halogenated alkanes) is 3. The van der Waals surface area contributed by atoms with Crippen LogP contribution in [-0.4, -0.2) is 29.7 Å². The van der Waals surface area contributed by atoms with E-state index < -0.39 is 38.6 Å². The van der Waals surface area contributed by atoms with Gasteiger partial charge in [0.2, 0.25) is 0 Å². The molecular weight excluding hydrogens is 390 g/mol. The minimum atomic E-state index is -5.22. The third kappa shape index (κ3) is 6.33. The molecule has 7 nitrogen and oxygen atoms in total. The number of carbonyl (C=O) groups excluding carboxylic acids is 2. The zero-order chi connectivity index (χ0) is 17.6. The Bertz CT molecular complexity index is 503. The molecule has 0 bridgehead atoms. The average Bonchev–Trinajstić information content (AvgIpc) is 2.40. The monoisotopic (exact) mass is 414 g/mol. The van der Waals surface area contributed by atoms with Crippen molar-refractivity contribution in [2.24, 2.45) is 5.41 Å². The van der Waals surface area contributed by atoms with Crippen LogP contribution in [0, 0.1) is 5.41 Å². The molecule has 0 aromatic carbocycles. The van der Waals surface area contributed by atoms with Gasteiger partial charge in [-0.2, -0.15) is 8.42 Å². The molecule has 0 spiro atoms. The van der Waals surface area contributed by atoms with E-state index in [-0.39, 0.29) is 122 Å². The molecule has 0 amide bonds. The van der Waals surface area contributed by atoms with Gasteiger partial charge in [0.05, 0.1) is 5.97 Å². The predicted octanol–water partition coefficient (Wildman–Crippen LogP) is -6.10. The van der Waals surface area contributed by atoms with Crippen LogP contribution in [-0.2, 0) is 19.7 Å². The van der Waals surface area contributed by atoms with E-state index in [0.717, 1.165) is 12.8 Å². The SMILES string of the molecule is CCCCCCC(C(=O)[O-])(C(CC)(CC)C(=O)[O-])S(=O)(=O)O.[K+].[K+]. The molecular formula is C14H24K2O7S. The number of rotatable bonds is 11. The summed E-state index contributed by atoms with van der Waals surface area (Å²) in [5.74, 6) is -3.91. The Morgan fingerprint density at radius 3 is 1.62 bits per heavy atom. The summed E-state index contributed by atoms with van der Waals surface area (Å²) >= 11 is 0. The van der Waals surface area contributed by atoms with Crippen molar-refractivity contribution in [2.45, 2.75) is 70.5 Å². The van der Waals surface area contributed by atoms with Gasteiger partial charge in [-0.1, -0.05) is 46.5 Å². The van der Waals surface area contributed by atoms with E-state index in [4.69, 9.17) is 0 Å². The second-order valence-corrected chi connectivity index (χ2v) is 7.12. The summed E-state index contributed by atoms with van der Waals surface area (Å²) in [7, 11) is -5.22. The second kappa shape index (κ2) is 13.3. The topological polar surface area (TPSA) is 135 Å². The van der Waals surface area contributed by atoms with Crippen molar-refractivity contribution in [3.63, 3.8) is 0 Å². The Kier molecular flexibility index (Phi) is 17.1. The van der Waals surface area contributed by atoms with Crippen LogP contribution in [0.3, 0.4) is 0 Å². The molecule has 0 aromatic heterocycles. The Morgan fingerprint density at radius 1 is 0.917 bits per heavy atom. The van der Waals surface area contributed by atoms with Crippen molar-refractivity contribution in [3.8, 4) is 0 Å². The molecule has 0 saturated heterocycles. The normalized spacial score (nSPS) is 14.0. The fraction of sp³-hybridized carbons (Fsp3) is 0.857. The number of aliphatic carboxylic acids is 2. The summed E-state index contributed by atoms with van der Waals surface area (Å²) in [6, 6.07) is 0. The Balaban J connectivity index is -0.00000220. The van der Waals surface area contributed by atoms with Gasteiger partial charge in [-0.25, -0.2) is 0 Å². The smallest absolute Gasteiger partial charge is 0.549 e. The average molecular weight is 415 g/mol. The fourth-order valence-electron chi connectivity index (χ4n) is 3.09. The maximum atomic E-state index is 11.9. The van der Waals surface area contributed by atoms with E-state index in [1.54, 1.807) is 0 Å². The Hall–Kier alpha value is 2.12. The van der Waals surface area contributed by atoms with Gasteiger partial charge in [0.15, 0.2) is 0 Å². The molecule has 1 atom stereocenters. The first-order valence-corrected chi connectivity index (χ1v) is 8.91. The Labute approximate surface area is 229 Å². The van der Waals surface area contributed by atoms with Crippen LogP contribution >= 0.6 is 0 Å². The number of carboxylic acid groups (broad SMARTS) is 2. The van der Waals surface area contributed by atoms with Gasteiger partial charge in [-0.05, 0) is 19.3 Å². The first kappa shape index (κ1) is 30.8. The van der Waals surface area contributed by atoms with E-state index in [2.05, 4.69) is 0 Å². The van der Waals surface area contributed by atoms with E-state index in [1.807, 2.05) is 6.92 Å². The number of hydrogen-bond donors (Lipinski definition) is 1. The third-order valence-electron chi connectivity index (χ3n) is 4.52. The van der Waals surface area contributed by atoms with Gasteiger partial charge in [0.25, 0.3) is 10.1 Å². The summed E-state index contributed by atoms with van der Waals surface area (Å²) in [4.78, 5) is 23.3. The van der Waals surface area contributed by atoms with Crippen LogP contribution in [0.4, 0.5) is 0 Å². The van der Waals surface area contributed by atoms with Crippen LogP contribution in [0.1, 0.15) is 65.7 Å². The summed E-state index contributed by atoms with van der Waals surface area (Å²) in [5.41, 5.74) is -2.24. The van der Waals surface area contributed by atoms with Crippen molar-refractivity contribution >= 4 is 22.1 Å². The fourth-order valence-corrected chi connectivity index (χ4v) is 4.57. The molecule has 1 unspecified atom stereocenters. The minimum absolute atomic E-state index is 0. The minimum Gasteiger partial charge on any atom is -0.549 e. The third-order valence-corrected chi connectivity index (χ3v) is 6.17. The molecule has 0 rings (SSSR count). The largest absolute Gasteiger partial charge is 1.00 e. The zero-order valence-corrected chi connectivity index (χ0v) is 22.3. The first-order valence-electron chi connectivity index (χ1n) is 7.47. The molecule has 0 aliphatic rings. The molecule has 24 heavy (non-hydrogen) atoms. The predicted molar refractivity (Wildman–Crippen MR) is 76.1 cm³/mol. The van der Waals surface area contributed by atoms with Crippen molar-refractivity contribution < 1.29 is 136 Å². The van der Waals surface area contributed by atoms with Gasteiger partial charge < -0.3 is 19.8 Å². The summed E-state index contributed by atoms with van der Waals surface area (Å²) in [5, 5.41) is 23.3. The van der Waals surface area contributed by atoms with E-state index in [9.17, 15) is 32.8 Å². The maximum absolute atomic E-state index is 11.9. The zero-order valence-electron chi connectivity index (χ0n) is 15.3. The summed E-state index contributed by atoms with van der Waals surface area (Å²) in [6.07, 6.45) is 1.10. The number of hydrogen-bond acceptors (Lipinski definition) is 6. The van der Waals surface area contributed by atoms with Gasteiger partial charge in [-0.3, -0.25) is 4.55 Å². The summed E-state index contributed by atoms with van der Waals surface area (Å²) in [6.45, 7) is 4.63. The van der Waals surface area contributed by atoms with Crippen molar-refractivity contribution in [1.29, 1.82) is 0 Å². The van der Waals surface area contributed by atoms with Crippen molar-refractivity contribution in [1.82, 2.24) is 0 Å². The molecule has 0 aliphatic carbocycles. The van der Waals surface area contributed by atoms with E-state index in [0.29, 0.717) is 6.42 Å². The quantitative estimate of drug-likeness (QED) is 0.202. The first-order chi connectivity index (χ1) is 10.1. The van der Waals surface area contributed by atoms with Crippen molar-refractivity contribution in [3.05, 3.63) is 0 Å². The van der Waals surface area contributed by atoms with Gasteiger partial charge >= 0.3 is 103 Å². The molecule has 0 heterocycles. The van der Waals surface area contributed by atoms with Gasteiger partial charge in [0, 0.05) is 11.4 Å². The number of carbonyl (C=O) groups is 2. The molecule has 0 aromatic rings. The molecule has 0 fully saturated rings. The summed E-state index contributed by atoms with van der Waals surface area (Å²) < 4.78 is 30.4. The van der Waals surface area contributed by atoms with E-state index >= 15 is 0 Å². The van der Waals surface area contributed by atoms with Gasteiger partial charge in [0.1, 0.15) is 4.75 Å². The van der Waals surface area contributed by atoms with Crippen LogP contribution in [0.2, 0.25) is 0 Å².